The molecular formula is C14H29NO4S. The number of hydrogen-bond donors (Lipinski definition) is 1. The van der Waals surface area contributed by atoms with E-state index in [-0.39, 0.29) is 31.2 Å². The fraction of sp³-hybridized carbons (Fsp3) is 0.929. The maximum absolute atomic E-state index is 12.2. The highest BCUT2D eigenvalue weighted by Crippen LogP contribution is 2.34. The summed E-state index contributed by atoms with van der Waals surface area (Å²) in [4.78, 5) is 12.2. The van der Waals surface area contributed by atoms with Crippen LogP contribution in [0, 0.1) is 11.3 Å². The molecule has 0 aliphatic heterocycles. The van der Waals surface area contributed by atoms with Gasteiger partial charge in [0.15, 0.2) is 9.84 Å². The molecule has 0 heterocycles. The molecule has 0 bridgehead atoms. The van der Waals surface area contributed by atoms with Crippen LogP contribution in [-0.2, 0) is 19.4 Å². The molecule has 0 amide bonds. The molecule has 0 aromatic heterocycles. The zero-order valence-corrected chi connectivity index (χ0v) is 14.3. The van der Waals surface area contributed by atoms with Crippen LogP contribution in [-0.4, -0.2) is 38.0 Å². The van der Waals surface area contributed by atoms with Gasteiger partial charge >= 0.3 is 5.97 Å². The third-order valence-electron chi connectivity index (χ3n) is 3.90. The Bertz CT molecular complexity index is 423. The van der Waals surface area contributed by atoms with Crippen molar-refractivity contribution in [2.24, 2.45) is 17.1 Å². The summed E-state index contributed by atoms with van der Waals surface area (Å²) in [7, 11) is -3.29. The molecule has 0 aromatic rings. The van der Waals surface area contributed by atoms with Crippen LogP contribution in [0.5, 0.6) is 0 Å². The lowest BCUT2D eigenvalue weighted by atomic mass is 9.75. The molecule has 0 fully saturated rings. The summed E-state index contributed by atoms with van der Waals surface area (Å²) in [6, 6.07) is 0. The van der Waals surface area contributed by atoms with Crippen LogP contribution in [0.4, 0.5) is 0 Å². The molecule has 120 valence electrons. The number of sulfone groups is 1. The summed E-state index contributed by atoms with van der Waals surface area (Å²) in [5, 5.41) is 0. The van der Waals surface area contributed by atoms with E-state index in [0.29, 0.717) is 0 Å². The second kappa shape index (κ2) is 6.89. The Morgan fingerprint density at radius 3 is 2.05 bits per heavy atom. The van der Waals surface area contributed by atoms with Gasteiger partial charge in [-0.15, -0.1) is 0 Å². The van der Waals surface area contributed by atoms with Crippen molar-refractivity contribution in [2.45, 2.75) is 52.7 Å². The number of carbonyl (C=O) groups is 1. The standard InChI is InChI=1S/C14H29NO4S/c1-7-19-12(16)14(10-15,11(2)3)8-9-20(17,18)13(4,5)6/h11H,7-10,15H2,1-6H3. The van der Waals surface area contributed by atoms with Crippen LogP contribution >= 0.6 is 0 Å². The highest BCUT2D eigenvalue weighted by atomic mass is 32.2. The van der Waals surface area contributed by atoms with Gasteiger partial charge in [0.1, 0.15) is 0 Å². The van der Waals surface area contributed by atoms with Crippen LogP contribution in [0.25, 0.3) is 0 Å². The molecule has 0 rings (SSSR count). The molecule has 2 N–H and O–H groups in total. The van der Waals surface area contributed by atoms with Crippen molar-refractivity contribution in [3.63, 3.8) is 0 Å². The molecular weight excluding hydrogens is 278 g/mol. The fourth-order valence-electron chi connectivity index (χ4n) is 1.95. The van der Waals surface area contributed by atoms with Gasteiger partial charge in [0.25, 0.3) is 0 Å². The number of carbonyl (C=O) groups excluding carboxylic acids is 1. The molecule has 0 saturated heterocycles. The van der Waals surface area contributed by atoms with E-state index >= 15 is 0 Å². The molecule has 1 unspecified atom stereocenters. The monoisotopic (exact) mass is 307 g/mol. The predicted octanol–water partition coefficient (Wildman–Crippen LogP) is 1.75. The topological polar surface area (TPSA) is 86.5 Å². The van der Waals surface area contributed by atoms with E-state index in [9.17, 15) is 13.2 Å². The van der Waals surface area contributed by atoms with Crippen molar-refractivity contribution in [2.75, 3.05) is 18.9 Å². The second-order valence-electron chi connectivity index (χ2n) is 6.42. The largest absolute Gasteiger partial charge is 0.466 e. The van der Waals surface area contributed by atoms with Gasteiger partial charge in [-0.2, -0.15) is 0 Å². The number of esters is 1. The van der Waals surface area contributed by atoms with Crippen molar-refractivity contribution in [3.05, 3.63) is 0 Å². The van der Waals surface area contributed by atoms with E-state index < -0.39 is 26.0 Å². The summed E-state index contributed by atoms with van der Waals surface area (Å²) in [5.74, 6) is -0.548. The van der Waals surface area contributed by atoms with Crippen LogP contribution in [0.15, 0.2) is 0 Å². The van der Waals surface area contributed by atoms with Gasteiger partial charge in [0.2, 0.25) is 0 Å². The van der Waals surface area contributed by atoms with E-state index in [4.69, 9.17) is 10.5 Å². The Morgan fingerprint density at radius 1 is 1.25 bits per heavy atom. The predicted molar refractivity (Wildman–Crippen MR) is 81.1 cm³/mol. The van der Waals surface area contributed by atoms with E-state index in [1.54, 1.807) is 27.7 Å². The minimum absolute atomic E-state index is 0.0648. The van der Waals surface area contributed by atoms with E-state index in [0.717, 1.165) is 0 Å². The first-order chi connectivity index (χ1) is 8.94. The fourth-order valence-corrected chi connectivity index (χ4v) is 3.19. The Balaban J connectivity index is 5.27. The SMILES string of the molecule is CCOC(=O)C(CN)(CCS(=O)(=O)C(C)(C)C)C(C)C. The van der Waals surface area contributed by atoms with Crippen molar-refractivity contribution in [1.82, 2.24) is 0 Å². The van der Waals surface area contributed by atoms with Crippen molar-refractivity contribution >= 4 is 15.8 Å². The zero-order chi connectivity index (χ0) is 16.2. The molecule has 0 spiro atoms. The van der Waals surface area contributed by atoms with Crippen LogP contribution in [0.1, 0.15) is 48.0 Å². The summed E-state index contributed by atoms with van der Waals surface area (Å²) in [6.07, 6.45) is 0.194. The van der Waals surface area contributed by atoms with Gasteiger partial charge in [-0.3, -0.25) is 4.79 Å². The molecule has 0 aliphatic rings. The lowest BCUT2D eigenvalue weighted by Crippen LogP contribution is -2.46. The van der Waals surface area contributed by atoms with Gasteiger partial charge in [0, 0.05) is 6.54 Å². The van der Waals surface area contributed by atoms with Gasteiger partial charge in [0.05, 0.1) is 22.5 Å². The van der Waals surface area contributed by atoms with Gasteiger partial charge in [-0.1, -0.05) is 13.8 Å². The first-order valence-corrected chi connectivity index (χ1v) is 8.69. The Hall–Kier alpha value is -0.620. The summed E-state index contributed by atoms with van der Waals surface area (Å²) in [6.45, 7) is 10.8. The first-order valence-electron chi connectivity index (χ1n) is 7.04. The Morgan fingerprint density at radius 2 is 1.75 bits per heavy atom. The number of hydrogen-bond acceptors (Lipinski definition) is 5. The Labute approximate surface area is 123 Å². The molecule has 0 radical (unpaired) electrons. The molecule has 5 nitrogen and oxygen atoms in total. The van der Waals surface area contributed by atoms with Crippen LogP contribution in [0.2, 0.25) is 0 Å². The molecule has 0 saturated carbocycles. The Kier molecular flexibility index (Phi) is 6.68. The summed E-state index contributed by atoms with van der Waals surface area (Å²) >= 11 is 0. The van der Waals surface area contributed by atoms with E-state index in [1.807, 2.05) is 13.8 Å². The van der Waals surface area contributed by atoms with Gasteiger partial charge in [-0.25, -0.2) is 8.42 Å². The summed E-state index contributed by atoms with van der Waals surface area (Å²) < 4.78 is 28.7. The van der Waals surface area contributed by atoms with Gasteiger partial charge < -0.3 is 10.5 Å². The first kappa shape index (κ1) is 19.4. The maximum atomic E-state index is 12.2. The smallest absolute Gasteiger partial charge is 0.313 e. The van der Waals surface area contributed by atoms with E-state index in [2.05, 4.69) is 0 Å². The van der Waals surface area contributed by atoms with Crippen molar-refractivity contribution < 1.29 is 17.9 Å². The van der Waals surface area contributed by atoms with Gasteiger partial charge in [-0.05, 0) is 40.0 Å². The van der Waals surface area contributed by atoms with Crippen LogP contribution < -0.4 is 5.73 Å². The molecule has 0 aromatic carbocycles. The lowest BCUT2D eigenvalue weighted by molar-refractivity contribution is -0.158. The minimum atomic E-state index is -3.29. The minimum Gasteiger partial charge on any atom is -0.466 e. The lowest BCUT2D eigenvalue weighted by Gasteiger charge is -2.34. The normalized spacial score (nSPS) is 16.0. The van der Waals surface area contributed by atoms with E-state index in [1.165, 1.54) is 0 Å². The highest BCUT2D eigenvalue weighted by Gasteiger charge is 2.43. The number of nitrogens with two attached hydrogens (primary N) is 1. The number of ether oxygens (including phenoxy) is 1. The third kappa shape index (κ3) is 4.19. The average Bonchev–Trinajstić information content (AvgIpc) is 2.28. The van der Waals surface area contributed by atoms with Crippen molar-refractivity contribution in [3.8, 4) is 0 Å². The quantitative estimate of drug-likeness (QED) is 0.724. The molecule has 0 aliphatic carbocycles. The summed E-state index contributed by atoms with van der Waals surface area (Å²) in [5.41, 5.74) is 4.85. The number of rotatable bonds is 7. The zero-order valence-electron chi connectivity index (χ0n) is 13.5. The molecule has 1 atom stereocenters. The molecule has 20 heavy (non-hydrogen) atoms. The second-order valence-corrected chi connectivity index (χ2v) is 9.28. The third-order valence-corrected chi connectivity index (χ3v) is 6.51. The molecule has 6 heteroatoms. The van der Waals surface area contributed by atoms with Crippen molar-refractivity contribution in [1.29, 1.82) is 0 Å². The highest BCUT2D eigenvalue weighted by molar-refractivity contribution is 7.92. The maximum Gasteiger partial charge on any atom is 0.313 e. The van der Waals surface area contributed by atoms with Crippen LogP contribution in [0.3, 0.4) is 0 Å². The average molecular weight is 307 g/mol.